The molecule has 1 aliphatic heterocycles. The number of fused-ring (bicyclic) bond motifs is 1. The van der Waals surface area contributed by atoms with E-state index in [9.17, 15) is 14.7 Å². The highest BCUT2D eigenvalue weighted by Gasteiger charge is 2.18. The number of hydrogen-bond donors (Lipinski definition) is 3. The minimum absolute atomic E-state index is 0.161. The zero-order valence-electron chi connectivity index (χ0n) is 15.2. The number of para-hydroxylation sites is 1. The summed E-state index contributed by atoms with van der Waals surface area (Å²) in [4.78, 5) is 24.1. The minimum Gasteiger partial charge on any atom is -0.454 e. The van der Waals surface area contributed by atoms with Gasteiger partial charge in [-0.2, -0.15) is 0 Å². The van der Waals surface area contributed by atoms with Gasteiger partial charge in [0.05, 0.1) is 6.10 Å². The quantitative estimate of drug-likeness (QED) is 0.701. The molecule has 7 heteroatoms. The highest BCUT2D eigenvalue weighted by atomic mass is 16.7. The molecule has 0 aromatic heterocycles. The molecule has 0 radical (unpaired) electrons. The van der Waals surface area contributed by atoms with Crippen molar-refractivity contribution in [1.82, 2.24) is 5.32 Å². The molecule has 7 nitrogen and oxygen atoms in total. The van der Waals surface area contributed by atoms with Gasteiger partial charge in [0.2, 0.25) is 6.79 Å². The smallest absolute Gasteiger partial charge is 0.313 e. The molecule has 1 unspecified atom stereocenters. The molecule has 0 aliphatic carbocycles. The first-order valence-corrected chi connectivity index (χ1v) is 8.68. The lowest BCUT2D eigenvalue weighted by Gasteiger charge is -2.13. The van der Waals surface area contributed by atoms with E-state index in [-0.39, 0.29) is 19.8 Å². The molecule has 0 saturated heterocycles. The first kappa shape index (κ1) is 18.7. The molecule has 0 spiro atoms. The summed E-state index contributed by atoms with van der Waals surface area (Å²) < 4.78 is 10.5. The number of ether oxygens (including phenoxy) is 2. The maximum absolute atomic E-state index is 12.1. The molecular formula is C20H22N2O5. The SMILES string of the molecule is Cc1cccc(C)c1NC(=O)C(=O)NCCC(O)c1ccc2c(c1)OCO2. The van der Waals surface area contributed by atoms with E-state index in [4.69, 9.17) is 9.47 Å². The number of nitrogens with one attached hydrogen (secondary N) is 2. The van der Waals surface area contributed by atoms with Crippen LogP contribution in [0.1, 0.15) is 29.2 Å². The Kier molecular flexibility index (Phi) is 5.61. The maximum Gasteiger partial charge on any atom is 0.313 e. The molecule has 2 amide bonds. The van der Waals surface area contributed by atoms with Gasteiger partial charge in [-0.3, -0.25) is 9.59 Å². The van der Waals surface area contributed by atoms with Crippen molar-refractivity contribution in [3.63, 3.8) is 0 Å². The molecule has 142 valence electrons. The van der Waals surface area contributed by atoms with Crippen LogP contribution in [0.3, 0.4) is 0 Å². The van der Waals surface area contributed by atoms with Gasteiger partial charge in [-0.1, -0.05) is 24.3 Å². The lowest BCUT2D eigenvalue weighted by Crippen LogP contribution is -2.36. The third-order valence-corrected chi connectivity index (χ3v) is 4.41. The predicted octanol–water partition coefficient (Wildman–Crippen LogP) is 2.21. The number of anilines is 1. The summed E-state index contributed by atoms with van der Waals surface area (Å²) >= 11 is 0. The summed E-state index contributed by atoms with van der Waals surface area (Å²) in [6, 6.07) is 10.8. The number of hydrogen-bond acceptors (Lipinski definition) is 5. The number of aryl methyl sites for hydroxylation is 2. The summed E-state index contributed by atoms with van der Waals surface area (Å²) in [5, 5.41) is 15.4. The molecule has 1 heterocycles. The Morgan fingerprint density at radius 2 is 1.78 bits per heavy atom. The van der Waals surface area contributed by atoms with Crippen LogP contribution in [-0.2, 0) is 9.59 Å². The van der Waals surface area contributed by atoms with E-state index in [2.05, 4.69) is 10.6 Å². The van der Waals surface area contributed by atoms with Crippen LogP contribution in [0, 0.1) is 13.8 Å². The fourth-order valence-corrected chi connectivity index (χ4v) is 2.87. The molecule has 0 bridgehead atoms. The topological polar surface area (TPSA) is 96.9 Å². The van der Waals surface area contributed by atoms with Crippen molar-refractivity contribution in [3.05, 3.63) is 53.1 Å². The van der Waals surface area contributed by atoms with Crippen molar-refractivity contribution in [2.45, 2.75) is 26.4 Å². The van der Waals surface area contributed by atoms with Crippen LogP contribution in [0.25, 0.3) is 0 Å². The van der Waals surface area contributed by atoms with Crippen LogP contribution in [0.4, 0.5) is 5.69 Å². The Hall–Kier alpha value is -3.06. The van der Waals surface area contributed by atoms with Crippen LogP contribution in [0.2, 0.25) is 0 Å². The average Bonchev–Trinajstić information content (AvgIpc) is 3.12. The number of aliphatic hydroxyl groups is 1. The fourth-order valence-electron chi connectivity index (χ4n) is 2.87. The maximum atomic E-state index is 12.1. The van der Waals surface area contributed by atoms with Gasteiger partial charge in [-0.15, -0.1) is 0 Å². The number of aliphatic hydroxyl groups excluding tert-OH is 1. The summed E-state index contributed by atoms with van der Waals surface area (Å²) in [6.45, 7) is 4.06. The fraction of sp³-hybridized carbons (Fsp3) is 0.300. The van der Waals surface area contributed by atoms with Gasteiger partial charge in [-0.25, -0.2) is 0 Å². The van der Waals surface area contributed by atoms with Crippen molar-refractivity contribution in [2.75, 3.05) is 18.7 Å². The number of rotatable bonds is 5. The van der Waals surface area contributed by atoms with Gasteiger partial charge >= 0.3 is 11.8 Å². The van der Waals surface area contributed by atoms with Crippen molar-refractivity contribution in [1.29, 1.82) is 0 Å². The Balaban J connectivity index is 1.49. The highest BCUT2D eigenvalue weighted by molar-refractivity contribution is 6.39. The van der Waals surface area contributed by atoms with Gasteiger partial charge < -0.3 is 25.2 Å². The monoisotopic (exact) mass is 370 g/mol. The molecule has 1 aliphatic rings. The Labute approximate surface area is 157 Å². The summed E-state index contributed by atoms with van der Waals surface area (Å²) in [5.74, 6) is -0.244. The number of amides is 2. The summed E-state index contributed by atoms with van der Waals surface area (Å²) in [7, 11) is 0. The Morgan fingerprint density at radius 3 is 2.52 bits per heavy atom. The molecule has 0 fully saturated rings. The lowest BCUT2D eigenvalue weighted by atomic mass is 10.1. The van der Waals surface area contributed by atoms with Gasteiger partial charge in [0.1, 0.15) is 0 Å². The first-order valence-electron chi connectivity index (χ1n) is 8.68. The van der Waals surface area contributed by atoms with E-state index in [1.165, 1.54) is 0 Å². The van der Waals surface area contributed by atoms with E-state index in [1.807, 2.05) is 32.0 Å². The van der Waals surface area contributed by atoms with E-state index < -0.39 is 17.9 Å². The predicted molar refractivity (Wildman–Crippen MR) is 99.7 cm³/mol. The normalized spacial score (nSPS) is 13.1. The molecule has 2 aromatic carbocycles. The second-order valence-electron chi connectivity index (χ2n) is 6.39. The van der Waals surface area contributed by atoms with Crippen LogP contribution < -0.4 is 20.1 Å². The number of carbonyl (C=O) groups excluding carboxylic acids is 2. The average molecular weight is 370 g/mol. The van der Waals surface area contributed by atoms with Crippen LogP contribution in [0.15, 0.2) is 36.4 Å². The standard InChI is InChI=1S/C20H22N2O5/c1-12-4-3-5-13(2)18(12)22-20(25)19(24)21-9-8-15(23)14-6-7-16-17(10-14)27-11-26-16/h3-7,10,15,23H,8-9,11H2,1-2H3,(H,21,24)(H,22,25). The minimum atomic E-state index is -0.790. The molecule has 1 atom stereocenters. The molecule has 27 heavy (non-hydrogen) atoms. The Bertz CT molecular complexity index is 845. The zero-order valence-corrected chi connectivity index (χ0v) is 15.2. The van der Waals surface area contributed by atoms with Crippen LogP contribution in [-0.4, -0.2) is 30.3 Å². The van der Waals surface area contributed by atoms with E-state index >= 15 is 0 Å². The van der Waals surface area contributed by atoms with Crippen LogP contribution >= 0.6 is 0 Å². The first-order chi connectivity index (χ1) is 13.0. The third-order valence-electron chi connectivity index (χ3n) is 4.41. The largest absolute Gasteiger partial charge is 0.454 e. The van der Waals surface area contributed by atoms with E-state index in [1.54, 1.807) is 18.2 Å². The zero-order chi connectivity index (χ0) is 19.4. The lowest BCUT2D eigenvalue weighted by molar-refractivity contribution is -0.136. The van der Waals surface area contributed by atoms with Gasteiger partial charge in [-0.05, 0) is 49.1 Å². The number of carbonyl (C=O) groups is 2. The number of benzene rings is 2. The van der Waals surface area contributed by atoms with E-state index in [0.717, 1.165) is 11.1 Å². The van der Waals surface area contributed by atoms with Crippen molar-refractivity contribution in [2.24, 2.45) is 0 Å². The summed E-state index contributed by atoms with van der Waals surface area (Å²) in [6.07, 6.45) is -0.524. The second-order valence-corrected chi connectivity index (χ2v) is 6.39. The van der Waals surface area contributed by atoms with Crippen molar-refractivity contribution in [3.8, 4) is 11.5 Å². The Morgan fingerprint density at radius 1 is 1.07 bits per heavy atom. The van der Waals surface area contributed by atoms with Gasteiger partial charge in [0.15, 0.2) is 11.5 Å². The third kappa shape index (κ3) is 4.38. The van der Waals surface area contributed by atoms with E-state index in [0.29, 0.717) is 22.7 Å². The molecule has 3 rings (SSSR count). The summed E-state index contributed by atoms with van der Waals surface area (Å²) in [5.41, 5.74) is 3.07. The molecular weight excluding hydrogens is 348 g/mol. The molecule has 2 aromatic rings. The van der Waals surface area contributed by atoms with Gasteiger partial charge in [0.25, 0.3) is 0 Å². The molecule has 3 N–H and O–H groups in total. The van der Waals surface area contributed by atoms with Crippen molar-refractivity contribution < 1.29 is 24.2 Å². The highest BCUT2D eigenvalue weighted by Crippen LogP contribution is 2.34. The second kappa shape index (κ2) is 8.09. The van der Waals surface area contributed by atoms with Crippen molar-refractivity contribution >= 4 is 17.5 Å². The van der Waals surface area contributed by atoms with Crippen LogP contribution in [0.5, 0.6) is 11.5 Å². The van der Waals surface area contributed by atoms with Gasteiger partial charge in [0, 0.05) is 12.2 Å². The molecule has 0 saturated carbocycles.